The predicted octanol–water partition coefficient (Wildman–Crippen LogP) is 12.5. The molecule has 3 saturated carbocycles. The van der Waals surface area contributed by atoms with Gasteiger partial charge in [-0.05, 0) is 123 Å². The number of fused-ring (bicyclic) bond motifs is 5. The summed E-state index contributed by atoms with van der Waals surface area (Å²) in [7, 11) is 0. The summed E-state index contributed by atoms with van der Waals surface area (Å²) in [5, 5.41) is 9.90. The molecule has 0 amide bonds. The summed E-state index contributed by atoms with van der Waals surface area (Å²) in [6, 6.07) is 0. The lowest BCUT2D eigenvalue weighted by molar-refractivity contribution is -0.151. The number of hydrogen-bond acceptors (Lipinski definition) is 3. The number of carbonyl (C=O) groups is 1. The Morgan fingerprint density at radius 2 is 1.71 bits per heavy atom. The number of aliphatic hydroxyl groups excluding tert-OH is 1. The maximum absolute atomic E-state index is 12.8. The van der Waals surface area contributed by atoms with Crippen LogP contribution >= 0.6 is 0 Å². The minimum Gasteiger partial charge on any atom is -0.462 e. The maximum atomic E-state index is 12.8. The second-order valence-corrected chi connectivity index (χ2v) is 17.4. The molecule has 3 heteroatoms. The molecule has 272 valence electrons. The molecule has 0 aromatic rings. The summed E-state index contributed by atoms with van der Waals surface area (Å²) >= 11 is 0. The van der Waals surface area contributed by atoms with Crippen LogP contribution in [0, 0.1) is 46.3 Å². The molecule has 0 aromatic heterocycles. The molecular weight excluding hydrogens is 588 g/mol. The van der Waals surface area contributed by atoms with Gasteiger partial charge >= 0.3 is 5.97 Å². The molecule has 0 aromatic carbocycles. The van der Waals surface area contributed by atoms with Crippen LogP contribution in [0.2, 0.25) is 0 Å². The van der Waals surface area contributed by atoms with Gasteiger partial charge in [-0.25, -0.2) is 0 Å². The zero-order chi connectivity index (χ0) is 34.6. The highest BCUT2D eigenvalue weighted by molar-refractivity contribution is 5.69. The zero-order valence-corrected chi connectivity index (χ0v) is 32.1. The third-order valence-electron chi connectivity index (χ3n) is 13.7. The van der Waals surface area contributed by atoms with E-state index in [1.807, 2.05) is 24.3 Å². The van der Waals surface area contributed by atoms with Crippen molar-refractivity contribution < 1.29 is 14.6 Å². The molecule has 48 heavy (non-hydrogen) atoms. The van der Waals surface area contributed by atoms with E-state index in [1.54, 1.807) is 5.57 Å². The van der Waals surface area contributed by atoms with E-state index in [1.165, 1.54) is 77.0 Å². The summed E-state index contributed by atoms with van der Waals surface area (Å²) in [4.78, 5) is 12.8. The third-order valence-corrected chi connectivity index (χ3v) is 13.7. The number of carbonyl (C=O) groups excluding carboxylic acids is 1. The summed E-state index contributed by atoms with van der Waals surface area (Å²) in [5.74, 6) is 5.21. The highest BCUT2D eigenvalue weighted by Crippen LogP contribution is 2.67. The summed E-state index contributed by atoms with van der Waals surface area (Å²) < 4.78 is 6.10. The molecule has 3 fully saturated rings. The molecule has 9 atom stereocenters. The Bertz CT molecular complexity index is 1100. The molecule has 0 aliphatic heterocycles. The van der Waals surface area contributed by atoms with Crippen molar-refractivity contribution in [3.63, 3.8) is 0 Å². The lowest BCUT2D eigenvalue weighted by atomic mass is 9.47. The van der Waals surface area contributed by atoms with Crippen LogP contribution in [-0.4, -0.2) is 23.3 Å². The quantitative estimate of drug-likeness (QED) is 0.0648. The Morgan fingerprint density at radius 3 is 2.50 bits per heavy atom. The number of unbranched alkanes of at least 4 members (excludes halogenated alkanes) is 5. The normalized spacial score (nSPS) is 33.2. The van der Waals surface area contributed by atoms with E-state index < -0.39 is 6.10 Å². The highest BCUT2D eigenvalue weighted by atomic mass is 16.5. The molecule has 0 spiro atoms. The Balaban J connectivity index is 1.13. The van der Waals surface area contributed by atoms with E-state index in [0.717, 1.165) is 74.0 Å². The van der Waals surface area contributed by atoms with E-state index in [2.05, 4.69) is 59.8 Å². The summed E-state index contributed by atoms with van der Waals surface area (Å²) in [6.45, 7) is 14.7. The average Bonchev–Trinajstić information content (AvgIpc) is 3.41. The van der Waals surface area contributed by atoms with Crippen LogP contribution in [0.5, 0.6) is 0 Å². The minimum absolute atomic E-state index is 0.0212. The van der Waals surface area contributed by atoms with Gasteiger partial charge < -0.3 is 9.84 Å². The van der Waals surface area contributed by atoms with Crippen molar-refractivity contribution in [1.82, 2.24) is 0 Å². The smallest absolute Gasteiger partial charge is 0.306 e. The van der Waals surface area contributed by atoms with Crippen LogP contribution in [0.3, 0.4) is 0 Å². The molecular formula is C45H74O3. The van der Waals surface area contributed by atoms with Crippen molar-refractivity contribution in [2.24, 2.45) is 46.3 Å². The van der Waals surface area contributed by atoms with E-state index in [-0.39, 0.29) is 12.1 Å². The topological polar surface area (TPSA) is 46.5 Å². The van der Waals surface area contributed by atoms with E-state index in [4.69, 9.17) is 4.74 Å². The number of rotatable bonds is 19. The van der Waals surface area contributed by atoms with Gasteiger partial charge in [0, 0.05) is 12.8 Å². The SMILES string of the molecule is CC/C=C/CC(O)/C=C/C=C/CCCCCCCC(=O)O[C@H]1CC[C@@]2(C)C(=CC[C@H]3[C@@H]4CC[C@H]([C@H](C)CCCC(C)C)[C@@]4(C)CC[C@@H]32)C1. The fraction of sp³-hybridized carbons (Fsp3) is 0.800. The van der Waals surface area contributed by atoms with Crippen LogP contribution in [-0.2, 0) is 9.53 Å². The molecule has 0 saturated heterocycles. The molecule has 0 bridgehead atoms. The van der Waals surface area contributed by atoms with Crippen molar-refractivity contribution >= 4 is 5.97 Å². The molecule has 3 nitrogen and oxygen atoms in total. The van der Waals surface area contributed by atoms with Gasteiger partial charge in [0.1, 0.15) is 6.10 Å². The largest absolute Gasteiger partial charge is 0.462 e. The van der Waals surface area contributed by atoms with Gasteiger partial charge in [0.2, 0.25) is 0 Å². The fourth-order valence-electron chi connectivity index (χ4n) is 10.9. The lowest BCUT2D eigenvalue weighted by Gasteiger charge is -2.58. The van der Waals surface area contributed by atoms with Crippen LogP contribution in [0.1, 0.15) is 170 Å². The standard InChI is InChI=1S/C45H74O3/c1-7-8-16-22-37(46)23-17-14-12-10-9-11-13-15-18-24-43(47)48-38-29-31-44(5)36(33-38)25-26-39-41-28-27-40(35(4)21-19-20-34(2)3)45(41,6)32-30-42(39)44/h8,12,14,16-17,23,25,34-35,37-42,46H,7,9-11,13,15,18-22,24,26-33H2,1-6H3/b14-12+,16-8+,23-17+/t35-,37?,38+,39+,40-,41+,42+,44+,45-/m1/s1. The summed E-state index contributed by atoms with van der Waals surface area (Å²) in [5.41, 5.74) is 2.47. The number of aliphatic hydroxyl groups is 1. The van der Waals surface area contributed by atoms with Crippen LogP contribution in [0.4, 0.5) is 0 Å². The third kappa shape index (κ3) is 10.5. The molecule has 4 aliphatic carbocycles. The van der Waals surface area contributed by atoms with Crippen molar-refractivity contribution in [2.45, 2.75) is 182 Å². The van der Waals surface area contributed by atoms with E-state index >= 15 is 0 Å². The number of esters is 1. The fourth-order valence-corrected chi connectivity index (χ4v) is 10.9. The van der Waals surface area contributed by atoms with Crippen molar-refractivity contribution in [1.29, 1.82) is 0 Å². The van der Waals surface area contributed by atoms with Gasteiger partial charge in [-0.2, -0.15) is 0 Å². The first kappa shape index (κ1) is 39.2. The van der Waals surface area contributed by atoms with Crippen LogP contribution < -0.4 is 0 Å². The molecule has 0 heterocycles. The van der Waals surface area contributed by atoms with Gasteiger partial charge in [0.25, 0.3) is 0 Å². The first-order chi connectivity index (χ1) is 23.1. The van der Waals surface area contributed by atoms with Gasteiger partial charge in [-0.1, -0.05) is 128 Å². The Morgan fingerprint density at radius 1 is 0.917 bits per heavy atom. The first-order valence-electron chi connectivity index (χ1n) is 20.6. The van der Waals surface area contributed by atoms with Crippen LogP contribution in [0.25, 0.3) is 0 Å². The van der Waals surface area contributed by atoms with Crippen LogP contribution in [0.15, 0.2) is 48.1 Å². The second kappa shape index (κ2) is 19.1. The van der Waals surface area contributed by atoms with Gasteiger partial charge in [0.15, 0.2) is 0 Å². The van der Waals surface area contributed by atoms with Gasteiger partial charge in [-0.3, -0.25) is 4.79 Å². The van der Waals surface area contributed by atoms with Crippen molar-refractivity contribution in [3.05, 3.63) is 48.1 Å². The first-order valence-corrected chi connectivity index (χ1v) is 20.6. The molecule has 4 aliphatic rings. The number of hydrogen-bond donors (Lipinski definition) is 1. The van der Waals surface area contributed by atoms with Crippen molar-refractivity contribution in [2.75, 3.05) is 0 Å². The lowest BCUT2D eigenvalue weighted by Crippen LogP contribution is -2.51. The monoisotopic (exact) mass is 663 g/mol. The van der Waals surface area contributed by atoms with Gasteiger partial charge in [-0.15, -0.1) is 0 Å². The zero-order valence-electron chi connectivity index (χ0n) is 32.1. The predicted molar refractivity (Wildman–Crippen MR) is 204 cm³/mol. The summed E-state index contributed by atoms with van der Waals surface area (Å²) in [6.07, 6.45) is 37.8. The highest BCUT2D eigenvalue weighted by Gasteiger charge is 2.59. The maximum Gasteiger partial charge on any atom is 0.306 e. The van der Waals surface area contributed by atoms with Crippen molar-refractivity contribution in [3.8, 4) is 0 Å². The Kier molecular flexibility index (Phi) is 15.6. The second-order valence-electron chi connectivity index (χ2n) is 17.4. The van der Waals surface area contributed by atoms with E-state index in [9.17, 15) is 9.90 Å². The number of allylic oxidation sites excluding steroid dienone is 5. The Hall–Kier alpha value is -1.61. The molecule has 1 unspecified atom stereocenters. The minimum atomic E-state index is -0.397. The molecule has 4 rings (SSSR count). The van der Waals surface area contributed by atoms with Gasteiger partial charge in [0.05, 0.1) is 6.10 Å². The average molecular weight is 663 g/mol. The van der Waals surface area contributed by atoms with E-state index in [0.29, 0.717) is 23.7 Å². The molecule has 1 N–H and O–H groups in total. The molecule has 0 radical (unpaired) electrons. The Labute approximate surface area is 296 Å². The number of ether oxygens (including phenoxy) is 1.